The Kier molecular flexibility index (Phi) is 4.99. The number of anilines is 1. The number of benzene rings is 1. The lowest BCUT2D eigenvalue weighted by molar-refractivity contribution is 0.0768. The van der Waals surface area contributed by atoms with Gasteiger partial charge in [0.2, 0.25) is 0 Å². The molecule has 0 spiro atoms. The minimum absolute atomic E-state index is 0.000760. The summed E-state index contributed by atoms with van der Waals surface area (Å²) >= 11 is 0. The van der Waals surface area contributed by atoms with E-state index in [1.807, 2.05) is 44.2 Å². The predicted molar refractivity (Wildman–Crippen MR) is 94.5 cm³/mol. The van der Waals surface area contributed by atoms with Crippen molar-refractivity contribution in [3.63, 3.8) is 0 Å². The summed E-state index contributed by atoms with van der Waals surface area (Å²) in [7, 11) is 0. The number of fused-ring (bicyclic) bond motifs is 1. The highest BCUT2D eigenvalue weighted by molar-refractivity contribution is 5.96. The summed E-state index contributed by atoms with van der Waals surface area (Å²) in [4.78, 5) is 19.0. The van der Waals surface area contributed by atoms with Gasteiger partial charge >= 0.3 is 0 Å². The minimum Gasteiger partial charge on any atom is -0.486 e. The maximum atomic E-state index is 12.6. The SMILES string of the molecule is CCN(CC)C(=O)c1ccccc1OCc1ccc2c(n1)NCC2. The van der Waals surface area contributed by atoms with Gasteiger partial charge in [-0.15, -0.1) is 0 Å². The van der Waals surface area contributed by atoms with Crippen LogP contribution in [0, 0.1) is 0 Å². The van der Waals surface area contributed by atoms with E-state index >= 15 is 0 Å². The van der Waals surface area contributed by atoms with Crippen LogP contribution in [0.5, 0.6) is 5.75 Å². The number of carbonyl (C=O) groups is 1. The first-order valence-electron chi connectivity index (χ1n) is 8.46. The molecule has 126 valence electrons. The Balaban J connectivity index is 1.75. The highest BCUT2D eigenvalue weighted by atomic mass is 16.5. The van der Waals surface area contributed by atoms with Crippen molar-refractivity contribution in [3.8, 4) is 5.75 Å². The number of hydrogen-bond acceptors (Lipinski definition) is 4. The predicted octanol–water partition coefficient (Wildman–Crippen LogP) is 3.11. The molecule has 1 aromatic heterocycles. The van der Waals surface area contributed by atoms with Crippen LogP contribution in [0.15, 0.2) is 36.4 Å². The van der Waals surface area contributed by atoms with Gasteiger partial charge in [-0.1, -0.05) is 18.2 Å². The van der Waals surface area contributed by atoms with E-state index in [2.05, 4.69) is 16.4 Å². The molecular formula is C19H23N3O2. The van der Waals surface area contributed by atoms with E-state index in [1.165, 1.54) is 5.56 Å². The van der Waals surface area contributed by atoms with Crippen molar-refractivity contribution in [1.82, 2.24) is 9.88 Å². The average Bonchev–Trinajstić information content (AvgIpc) is 3.09. The normalized spacial score (nSPS) is 12.4. The second-order valence-electron chi connectivity index (χ2n) is 5.75. The first-order valence-corrected chi connectivity index (χ1v) is 8.46. The molecule has 2 aromatic rings. The lowest BCUT2D eigenvalue weighted by Crippen LogP contribution is -2.30. The van der Waals surface area contributed by atoms with Crippen LogP contribution >= 0.6 is 0 Å². The van der Waals surface area contributed by atoms with Crippen molar-refractivity contribution in [2.45, 2.75) is 26.9 Å². The van der Waals surface area contributed by atoms with Crippen LogP contribution in [0.4, 0.5) is 5.82 Å². The fourth-order valence-electron chi connectivity index (χ4n) is 2.88. The Bertz CT molecular complexity index is 726. The molecule has 0 atom stereocenters. The molecule has 0 aliphatic carbocycles. The van der Waals surface area contributed by atoms with Gasteiger partial charge in [0.25, 0.3) is 5.91 Å². The molecule has 0 saturated carbocycles. The number of hydrogen-bond donors (Lipinski definition) is 1. The number of nitrogens with one attached hydrogen (secondary N) is 1. The summed E-state index contributed by atoms with van der Waals surface area (Å²) in [5, 5.41) is 3.27. The third-order valence-corrected chi connectivity index (χ3v) is 4.27. The molecule has 24 heavy (non-hydrogen) atoms. The molecule has 1 amide bonds. The number of ether oxygens (including phenoxy) is 1. The maximum Gasteiger partial charge on any atom is 0.257 e. The smallest absolute Gasteiger partial charge is 0.257 e. The molecule has 2 heterocycles. The van der Waals surface area contributed by atoms with Crippen molar-refractivity contribution in [2.75, 3.05) is 25.0 Å². The molecule has 5 nitrogen and oxygen atoms in total. The zero-order chi connectivity index (χ0) is 16.9. The van der Waals surface area contributed by atoms with Gasteiger partial charge in [0.1, 0.15) is 18.2 Å². The molecule has 0 unspecified atom stereocenters. The standard InChI is InChI=1S/C19H23N3O2/c1-3-22(4-2)19(23)16-7-5-6-8-17(16)24-13-15-10-9-14-11-12-20-18(14)21-15/h5-10H,3-4,11-13H2,1-2H3,(H,20,21). The van der Waals surface area contributed by atoms with Crippen molar-refractivity contribution in [3.05, 3.63) is 53.2 Å². The highest BCUT2D eigenvalue weighted by Gasteiger charge is 2.17. The number of carbonyl (C=O) groups excluding carboxylic acids is 1. The molecule has 5 heteroatoms. The first-order chi connectivity index (χ1) is 11.7. The van der Waals surface area contributed by atoms with Gasteiger partial charge < -0.3 is 15.0 Å². The van der Waals surface area contributed by atoms with E-state index in [4.69, 9.17) is 4.74 Å². The number of rotatable bonds is 6. The van der Waals surface area contributed by atoms with Crippen LogP contribution in [0.3, 0.4) is 0 Å². The largest absolute Gasteiger partial charge is 0.486 e. The summed E-state index contributed by atoms with van der Waals surface area (Å²) < 4.78 is 5.91. The second kappa shape index (κ2) is 7.34. The first kappa shape index (κ1) is 16.3. The summed E-state index contributed by atoms with van der Waals surface area (Å²) in [6.07, 6.45) is 1.02. The highest BCUT2D eigenvalue weighted by Crippen LogP contribution is 2.23. The molecule has 0 radical (unpaired) electrons. The number of nitrogens with zero attached hydrogens (tertiary/aromatic N) is 2. The van der Waals surface area contributed by atoms with E-state index in [9.17, 15) is 4.79 Å². The zero-order valence-electron chi connectivity index (χ0n) is 14.2. The Morgan fingerprint density at radius 2 is 2.00 bits per heavy atom. The molecule has 0 bridgehead atoms. The van der Waals surface area contributed by atoms with Gasteiger partial charge in [0.15, 0.2) is 0 Å². The monoisotopic (exact) mass is 325 g/mol. The molecule has 1 N–H and O–H groups in total. The van der Waals surface area contributed by atoms with Crippen LogP contribution in [-0.2, 0) is 13.0 Å². The van der Waals surface area contributed by atoms with Gasteiger partial charge in [-0.05, 0) is 44.0 Å². The van der Waals surface area contributed by atoms with Crippen molar-refractivity contribution < 1.29 is 9.53 Å². The van der Waals surface area contributed by atoms with Crippen LogP contribution in [-0.4, -0.2) is 35.4 Å². The van der Waals surface area contributed by atoms with Gasteiger partial charge in [0, 0.05) is 19.6 Å². The average molecular weight is 325 g/mol. The number of para-hydroxylation sites is 1. The fraction of sp³-hybridized carbons (Fsp3) is 0.368. The van der Waals surface area contributed by atoms with E-state index in [1.54, 1.807) is 4.90 Å². The minimum atomic E-state index is -0.000760. The van der Waals surface area contributed by atoms with Gasteiger partial charge in [-0.2, -0.15) is 0 Å². The Hall–Kier alpha value is -2.56. The van der Waals surface area contributed by atoms with Gasteiger partial charge in [0.05, 0.1) is 11.3 Å². The molecule has 0 fully saturated rings. The summed E-state index contributed by atoms with van der Waals surface area (Å²) in [6.45, 7) is 6.60. The molecule has 3 rings (SSSR count). The van der Waals surface area contributed by atoms with E-state index in [-0.39, 0.29) is 5.91 Å². The lowest BCUT2D eigenvalue weighted by atomic mass is 10.1. The summed E-state index contributed by atoms with van der Waals surface area (Å²) in [5.41, 5.74) is 2.70. The van der Waals surface area contributed by atoms with E-state index in [0.29, 0.717) is 31.0 Å². The number of amides is 1. The van der Waals surface area contributed by atoms with Crippen molar-refractivity contribution in [1.29, 1.82) is 0 Å². The lowest BCUT2D eigenvalue weighted by Gasteiger charge is -2.20. The van der Waals surface area contributed by atoms with Crippen LogP contribution in [0.2, 0.25) is 0 Å². The quantitative estimate of drug-likeness (QED) is 0.886. The van der Waals surface area contributed by atoms with Crippen LogP contribution in [0.25, 0.3) is 0 Å². The molecule has 0 saturated heterocycles. The third-order valence-electron chi connectivity index (χ3n) is 4.27. The maximum absolute atomic E-state index is 12.6. The molecule has 1 aromatic carbocycles. The van der Waals surface area contributed by atoms with Crippen LogP contribution < -0.4 is 10.1 Å². The Labute approximate surface area is 142 Å². The summed E-state index contributed by atoms with van der Waals surface area (Å²) in [5.74, 6) is 1.55. The Morgan fingerprint density at radius 1 is 1.21 bits per heavy atom. The zero-order valence-corrected chi connectivity index (χ0v) is 14.2. The summed E-state index contributed by atoms with van der Waals surface area (Å²) in [6, 6.07) is 11.5. The Morgan fingerprint density at radius 3 is 2.79 bits per heavy atom. The van der Waals surface area contributed by atoms with Crippen molar-refractivity contribution >= 4 is 11.7 Å². The number of pyridine rings is 1. The molecule has 1 aliphatic heterocycles. The van der Waals surface area contributed by atoms with Crippen LogP contribution in [0.1, 0.15) is 35.5 Å². The van der Waals surface area contributed by atoms with Crippen molar-refractivity contribution in [2.24, 2.45) is 0 Å². The number of aromatic nitrogens is 1. The van der Waals surface area contributed by atoms with E-state index < -0.39 is 0 Å². The molecule has 1 aliphatic rings. The molecular weight excluding hydrogens is 302 g/mol. The second-order valence-corrected chi connectivity index (χ2v) is 5.75. The topological polar surface area (TPSA) is 54.5 Å². The fourth-order valence-corrected chi connectivity index (χ4v) is 2.88. The van der Waals surface area contributed by atoms with E-state index in [0.717, 1.165) is 24.5 Å². The third kappa shape index (κ3) is 3.35. The van der Waals surface area contributed by atoms with Gasteiger partial charge in [-0.3, -0.25) is 4.79 Å². The van der Waals surface area contributed by atoms with Gasteiger partial charge in [-0.25, -0.2) is 4.98 Å².